The van der Waals surface area contributed by atoms with E-state index in [9.17, 15) is 9.90 Å². The molecule has 0 aliphatic carbocycles. The summed E-state index contributed by atoms with van der Waals surface area (Å²) in [6.45, 7) is 6.32. The largest absolute Gasteiger partial charge is 0.390 e. The SMILES string of the molecule is Cc1ccc(C(=O)/C=C/c2cn(C[C@@H](O)CN3CCOCC3)c3ccccc23)cc1. The molecule has 30 heavy (non-hydrogen) atoms. The average molecular weight is 405 g/mol. The van der Waals surface area contributed by atoms with Gasteiger partial charge in [0, 0.05) is 54.4 Å². The number of allylic oxidation sites excluding steroid dienone is 1. The van der Waals surface area contributed by atoms with Gasteiger partial charge in [-0.15, -0.1) is 0 Å². The van der Waals surface area contributed by atoms with Crippen molar-refractivity contribution in [3.05, 3.63) is 77.5 Å². The highest BCUT2D eigenvalue weighted by molar-refractivity contribution is 6.07. The number of morpholine rings is 1. The second kappa shape index (κ2) is 9.39. The van der Waals surface area contributed by atoms with Crippen LogP contribution < -0.4 is 0 Å². The number of ketones is 1. The molecule has 5 nitrogen and oxygen atoms in total. The van der Waals surface area contributed by atoms with E-state index in [4.69, 9.17) is 4.74 Å². The quantitative estimate of drug-likeness (QED) is 0.483. The maximum atomic E-state index is 12.5. The van der Waals surface area contributed by atoms with Crippen molar-refractivity contribution in [2.24, 2.45) is 0 Å². The lowest BCUT2D eigenvalue weighted by Gasteiger charge is -2.28. The average Bonchev–Trinajstić information content (AvgIpc) is 3.10. The van der Waals surface area contributed by atoms with Gasteiger partial charge in [0.1, 0.15) is 0 Å². The summed E-state index contributed by atoms with van der Waals surface area (Å²) in [5, 5.41) is 11.7. The standard InChI is InChI=1S/C25H28N2O3/c1-19-6-8-20(9-7-19)25(29)11-10-21-16-27(24-5-3-2-4-23(21)24)18-22(28)17-26-12-14-30-15-13-26/h2-11,16,22,28H,12-15,17-18H2,1H3/b11-10+/t22-/m0/s1. The van der Waals surface area contributed by atoms with Crippen molar-refractivity contribution < 1.29 is 14.6 Å². The molecule has 0 unspecified atom stereocenters. The summed E-state index contributed by atoms with van der Waals surface area (Å²) in [6.07, 6.45) is 5.05. The molecule has 1 atom stereocenters. The van der Waals surface area contributed by atoms with Gasteiger partial charge in [0.2, 0.25) is 0 Å². The fourth-order valence-corrected chi connectivity index (χ4v) is 3.91. The van der Waals surface area contributed by atoms with E-state index in [-0.39, 0.29) is 5.78 Å². The van der Waals surface area contributed by atoms with Crippen molar-refractivity contribution in [2.75, 3.05) is 32.8 Å². The van der Waals surface area contributed by atoms with Crippen LogP contribution in [0.3, 0.4) is 0 Å². The van der Waals surface area contributed by atoms with Crippen molar-refractivity contribution in [2.45, 2.75) is 19.6 Å². The van der Waals surface area contributed by atoms with Gasteiger partial charge < -0.3 is 14.4 Å². The first-order chi connectivity index (χ1) is 14.6. The van der Waals surface area contributed by atoms with E-state index in [1.54, 1.807) is 6.08 Å². The van der Waals surface area contributed by atoms with Crippen LogP contribution in [0.1, 0.15) is 21.5 Å². The van der Waals surface area contributed by atoms with E-state index in [0.29, 0.717) is 18.7 Å². The molecule has 1 fully saturated rings. The summed E-state index contributed by atoms with van der Waals surface area (Å²) in [5.74, 6) is -0.0146. The van der Waals surface area contributed by atoms with E-state index in [1.807, 2.05) is 55.6 Å². The van der Waals surface area contributed by atoms with Gasteiger partial charge in [-0.3, -0.25) is 9.69 Å². The Labute approximate surface area is 177 Å². The first-order valence-electron chi connectivity index (χ1n) is 10.5. The summed E-state index contributed by atoms with van der Waals surface area (Å²) < 4.78 is 7.46. The zero-order valence-corrected chi connectivity index (χ0v) is 17.3. The van der Waals surface area contributed by atoms with E-state index < -0.39 is 6.10 Å². The van der Waals surface area contributed by atoms with Crippen molar-refractivity contribution in [3.8, 4) is 0 Å². The molecular weight excluding hydrogens is 376 g/mol. The van der Waals surface area contributed by atoms with Crippen molar-refractivity contribution in [3.63, 3.8) is 0 Å². The summed E-state index contributed by atoms with van der Waals surface area (Å²) in [5.41, 5.74) is 3.85. The number of fused-ring (bicyclic) bond motifs is 1. The molecule has 2 aromatic carbocycles. The normalized spacial score (nSPS) is 16.3. The Bertz CT molecular complexity index is 1030. The number of aromatic nitrogens is 1. The number of aliphatic hydroxyl groups is 1. The molecular formula is C25H28N2O3. The molecule has 0 saturated carbocycles. The van der Waals surface area contributed by atoms with Crippen LogP contribution >= 0.6 is 0 Å². The molecule has 1 saturated heterocycles. The number of rotatable bonds is 7. The second-order valence-corrected chi connectivity index (χ2v) is 7.88. The third kappa shape index (κ3) is 4.87. The minimum atomic E-state index is -0.468. The van der Waals surface area contributed by atoms with Crippen LogP contribution in [0.5, 0.6) is 0 Å². The summed E-state index contributed by atoms with van der Waals surface area (Å²) >= 11 is 0. The number of hydrogen-bond acceptors (Lipinski definition) is 4. The number of carbonyl (C=O) groups excluding carboxylic acids is 1. The third-order valence-corrected chi connectivity index (χ3v) is 5.55. The van der Waals surface area contributed by atoms with Crippen LogP contribution in [0.4, 0.5) is 0 Å². The van der Waals surface area contributed by atoms with E-state index in [0.717, 1.165) is 48.3 Å². The first kappa shape index (κ1) is 20.5. The summed E-state index contributed by atoms with van der Waals surface area (Å²) in [4.78, 5) is 14.8. The molecule has 1 aliphatic rings. The number of nitrogens with zero attached hydrogens (tertiary/aromatic N) is 2. The van der Waals surface area contributed by atoms with Gasteiger partial charge in [0.15, 0.2) is 5.78 Å². The van der Waals surface area contributed by atoms with E-state index in [1.165, 1.54) is 0 Å². The Morgan fingerprint density at radius 3 is 2.60 bits per heavy atom. The molecule has 0 amide bonds. The van der Waals surface area contributed by atoms with Crippen LogP contribution in [0.25, 0.3) is 17.0 Å². The van der Waals surface area contributed by atoms with Gasteiger partial charge in [0.05, 0.1) is 19.3 Å². The van der Waals surface area contributed by atoms with Gasteiger partial charge in [0.25, 0.3) is 0 Å². The zero-order chi connectivity index (χ0) is 20.9. The third-order valence-electron chi connectivity index (χ3n) is 5.55. The van der Waals surface area contributed by atoms with Crippen LogP contribution in [-0.4, -0.2) is 59.3 Å². The number of aliphatic hydroxyl groups excluding tert-OH is 1. The Kier molecular flexibility index (Phi) is 6.43. The number of aryl methyl sites for hydroxylation is 1. The molecule has 156 valence electrons. The van der Waals surface area contributed by atoms with Gasteiger partial charge in [-0.25, -0.2) is 0 Å². The number of hydrogen-bond donors (Lipinski definition) is 1. The molecule has 2 heterocycles. The van der Waals surface area contributed by atoms with Gasteiger partial charge in [-0.1, -0.05) is 48.0 Å². The topological polar surface area (TPSA) is 54.7 Å². The predicted molar refractivity (Wildman–Crippen MR) is 120 cm³/mol. The molecule has 1 N–H and O–H groups in total. The van der Waals surface area contributed by atoms with Crippen LogP contribution in [0, 0.1) is 6.92 Å². The fourth-order valence-electron chi connectivity index (χ4n) is 3.91. The Morgan fingerprint density at radius 2 is 1.83 bits per heavy atom. The van der Waals surface area contributed by atoms with Crippen LogP contribution in [-0.2, 0) is 11.3 Å². The number of β-amino-alcohol motifs (C(OH)–C–C–N with tert-alkyl or cyclic N) is 1. The predicted octanol–water partition coefficient (Wildman–Crippen LogP) is 3.54. The number of ether oxygens (including phenoxy) is 1. The molecule has 0 spiro atoms. The first-order valence-corrected chi connectivity index (χ1v) is 10.5. The van der Waals surface area contributed by atoms with E-state index in [2.05, 4.69) is 21.6 Å². The van der Waals surface area contributed by atoms with E-state index >= 15 is 0 Å². The molecule has 3 aromatic rings. The smallest absolute Gasteiger partial charge is 0.185 e. The van der Waals surface area contributed by atoms with Crippen LogP contribution in [0.15, 0.2) is 60.8 Å². The van der Waals surface area contributed by atoms with Gasteiger partial charge >= 0.3 is 0 Å². The Morgan fingerprint density at radius 1 is 1.10 bits per heavy atom. The maximum Gasteiger partial charge on any atom is 0.185 e. The minimum absolute atomic E-state index is 0.0146. The molecule has 0 bridgehead atoms. The fraction of sp³-hybridized carbons (Fsp3) is 0.320. The number of benzene rings is 2. The Balaban J connectivity index is 1.51. The minimum Gasteiger partial charge on any atom is -0.390 e. The van der Waals surface area contributed by atoms with Crippen molar-refractivity contribution in [1.82, 2.24) is 9.47 Å². The van der Waals surface area contributed by atoms with Crippen molar-refractivity contribution in [1.29, 1.82) is 0 Å². The number of para-hydroxylation sites is 1. The highest BCUT2D eigenvalue weighted by atomic mass is 16.5. The lowest BCUT2D eigenvalue weighted by atomic mass is 10.1. The lowest BCUT2D eigenvalue weighted by molar-refractivity contribution is 0.0117. The molecule has 5 heteroatoms. The molecule has 1 aromatic heterocycles. The monoisotopic (exact) mass is 404 g/mol. The maximum absolute atomic E-state index is 12.5. The van der Waals surface area contributed by atoms with Gasteiger partial charge in [-0.2, -0.15) is 0 Å². The van der Waals surface area contributed by atoms with Crippen LogP contribution in [0.2, 0.25) is 0 Å². The molecule has 1 aliphatic heterocycles. The summed E-state index contributed by atoms with van der Waals surface area (Å²) in [7, 11) is 0. The zero-order valence-electron chi connectivity index (χ0n) is 17.3. The molecule has 4 rings (SSSR count). The van der Waals surface area contributed by atoms with Crippen molar-refractivity contribution >= 4 is 22.8 Å². The highest BCUT2D eigenvalue weighted by Gasteiger charge is 2.16. The number of carbonyl (C=O) groups is 1. The Hall–Kier alpha value is -2.73. The summed E-state index contributed by atoms with van der Waals surface area (Å²) in [6, 6.07) is 15.7. The lowest BCUT2D eigenvalue weighted by Crippen LogP contribution is -2.41. The molecule has 0 radical (unpaired) electrons. The second-order valence-electron chi connectivity index (χ2n) is 7.88. The van der Waals surface area contributed by atoms with Gasteiger partial charge in [-0.05, 0) is 25.1 Å². The highest BCUT2D eigenvalue weighted by Crippen LogP contribution is 2.23.